The lowest BCUT2D eigenvalue weighted by molar-refractivity contribution is 0.596. The van der Waals surface area contributed by atoms with Crippen molar-refractivity contribution in [1.82, 2.24) is 34.3 Å². The summed E-state index contributed by atoms with van der Waals surface area (Å²) >= 11 is 0. The normalized spacial score (nSPS) is 14.8. The summed E-state index contributed by atoms with van der Waals surface area (Å²) in [5, 5.41) is 8.94. The lowest BCUT2D eigenvalue weighted by atomic mass is 10.2. The summed E-state index contributed by atoms with van der Waals surface area (Å²) in [5.74, 6) is 2.22. The van der Waals surface area contributed by atoms with Crippen LogP contribution in [0.5, 0.6) is 0 Å². The lowest BCUT2D eigenvalue weighted by Gasteiger charge is -2.29. The van der Waals surface area contributed by atoms with Crippen molar-refractivity contribution >= 4 is 23.7 Å². The Labute approximate surface area is 133 Å². The zero-order chi connectivity index (χ0) is 16.0. The van der Waals surface area contributed by atoms with Gasteiger partial charge >= 0.3 is 0 Å². The first kappa shape index (κ1) is 13.9. The Morgan fingerprint density at radius 3 is 2.61 bits per heavy atom. The van der Waals surface area contributed by atoms with Crippen molar-refractivity contribution in [2.45, 2.75) is 20.3 Å². The van der Waals surface area contributed by atoms with Gasteiger partial charge in [-0.1, -0.05) is 0 Å². The molecule has 0 spiro atoms. The number of aryl methyl sites for hydroxylation is 3. The number of nitrogens with zero attached hydrogens (tertiary/aromatic N) is 8. The molecule has 8 nitrogen and oxygen atoms in total. The molecule has 0 N–H and O–H groups in total. The van der Waals surface area contributed by atoms with E-state index in [1.54, 1.807) is 10.9 Å². The van der Waals surface area contributed by atoms with Crippen molar-refractivity contribution in [3.63, 3.8) is 0 Å². The molecule has 23 heavy (non-hydrogen) atoms. The van der Waals surface area contributed by atoms with Gasteiger partial charge in [0.25, 0.3) is 0 Å². The van der Waals surface area contributed by atoms with Gasteiger partial charge in [-0.05, 0) is 32.4 Å². The second-order valence-corrected chi connectivity index (χ2v) is 5.76. The Morgan fingerprint density at radius 2 is 1.91 bits per heavy atom. The minimum absolute atomic E-state index is 0.637. The largest absolute Gasteiger partial charge is 0.339 e. The van der Waals surface area contributed by atoms with Crippen molar-refractivity contribution in [3.8, 4) is 0 Å². The Bertz CT molecular complexity index is 861. The van der Waals surface area contributed by atoms with E-state index in [0.717, 1.165) is 41.9 Å². The summed E-state index contributed by atoms with van der Waals surface area (Å²) in [6.45, 7) is 5.96. The van der Waals surface area contributed by atoms with E-state index in [4.69, 9.17) is 0 Å². The van der Waals surface area contributed by atoms with Gasteiger partial charge in [-0.15, -0.1) is 10.2 Å². The molecule has 0 amide bonds. The van der Waals surface area contributed by atoms with Crippen LogP contribution in [0.2, 0.25) is 0 Å². The molecule has 4 heterocycles. The fourth-order valence-corrected chi connectivity index (χ4v) is 2.51. The lowest BCUT2D eigenvalue weighted by Crippen LogP contribution is -2.37. The topological polar surface area (TPSA) is 77.0 Å². The molecule has 1 aliphatic rings. The van der Waals surface area contributed by atoms with E-state index < -0.39 is 0 Å². The second kappa shape index (κ2) is 5.15. The van der Waals surface area contributed by atoms with Gasteiger partial charge in [0.15, 0.2) is 17.3 Å². The van der Waals surface area contributed by atoms with E-state index in [1.165, 1.54) is 6.42 Å². The Kier molecular flexibility index (Phi) is 3.10. The summed E-state index contributed by atoms with van der Waals surface area (Å²) in [5.41, 5.74) is 2.60. The highest BCUT2D eigenvalue weighted by Crippen LogP contribution is 2.17. The number of anilines is 1. The van der Waals surface area contributed by atoms with E-state index in [1.807, 2.05) is 37.6 Å². The van der Waals surface area contributed by atoms with Crippen molar-refractivity contribution in [2.24, 2.45) is 7.05 Å². The predicted molar refractivity (Wildman–Crippen MR) is 87.0 cm³/mol. The maximum Gasteiger partial charge on any atom is 0.245 e. The summed E-state index contributed by atoms with van der Waals surface area (Å²) in [7, 11) is 1.89. The van der Waals surface area contributed by atoms with Crippen molar-refractivity contribution in [2.75, 3.05) is 18.0 Å². The predicted octanol–water partition coefficient (Wildman–Crippen LogP) is 1.25. The first-order valence-electron chi connectivity index (χ1n) is 7.65. The zero-order valence-electron chi connectivity index (χ0n) is 13.4. The van der Waals surface area contributed by atoms with Gasteiger partial charge in [0, 0.05) is 26.3 Å². The number of aromatic nitrogens is 7. The SMILES string of the molecule is Cc1ncc(C)n2nc(/C=C/c3nc(N4CCC4)nn3C)nc12. The number of rotatable bonds is 3. The van der Waals surface area contributed by atoms with Crippen LogP contribution in [0.3, 0.4) is 0 Å². The summed E-state index contributed by atoms with van der Waals surface area (Å²) in [6.07, 6.45) is 6.76. The van der Waals surface area contributed by atoms with Gasteiger partial charge in [0.05, 0.1) is 11.4 Å². The summed E-state index contributed by atoms with van der Waals surface area (Å²) in [4.78, 5) is 15.6. The van der Waals surface area contributed by atoms with Gasteiger partial charge in [-0.2, -0.15) is 4.98 Å². The average Bonchev–Trinajstić information content (AvgIpc) is 3.04. The van der Waals surface area contributed by atoms with Crippen LogP contribution in [0.15, 0.2) is 6.20 Å². The van der Waals surface area contributed by atoms with E-state index >= 15 is 0 Å². The molecule has 0 bridgehead atoms. The van der Waals surface area contributed by atoms with E-state index in [0.29, 0.717) is 5.82 Å². The molecule has 0 saturated carbocycles. The smallest absolute Gasteiger partial charge is 0.245 e. The van der Waals surface area contributed by atoms with Crippen molar-refractivity contribution < 1.29 is 0 Å². The van der Waals surface area contributed by atoms with E-state index in [2.05, 4.69) is 30.0 Å². The molecule has 118 valence electrons. The molecule has 0 atom stereocenters. The molecule has 0 radical (unpaired) electrons. The van der Waals surface area contributed by atoms with E-state index in [9.17, 15) is 0 Å². The second-order valence-electron chi connectivity index (χ2n) is 5.76. The van der Waals surface area contributed by atoms with Crippen LogP contribution in [-0.4, -0.2) is 47.4 Å². The highest BCUT2D eigenvalue weighted by atomic mass is 15.4. The highest BCUT2D eigenvalue weighted by molar-refractivity contribution is 5.65. The van der Waals surface area contributed by atoms with Crippen LogP contribution in [-0.2, 0) is 7.05 Å². The molecule has 0 aliphatic carbocycles. The fraction of sp³-hybridized carbons (Fsp3) is 0.400. The Hall–Kier alpha value is -2.77. The molecule has 3 aromatic rings. The van der Waals surface area contributed by atoms with Crippen LogP contribution >= 0.6 is 0 Å². The monoisotopic (exact) mass is 310 g/mol. The molecular weight excluding hydrogens is 292 g/mol. The third-order valence-electron chi connectivity index (χ3n) is 4.03. The van der Waals surface area contributed by atoms with Crippen LogP contribution in [0, 0.1) is 13.8 Å². The molecule has 0 aromatic carbocycles. The standard InChI is InChI=1S/C15H18N8/c1-10-9-16-11(2)14-17-12(19-23(10)14)5-6-13-18-15(20-21(13)3)22-7-4-8-22/h5-6,9H,4,7-8H2,1-3H3/b6-5+. The van der Waals surface area contributed by atoms with Crippen LogP contribution in [0.4, 0.5) is 5.95 Å². The van der Waals surface area contributed by atoms with Crippen LogP contribution < -0.4 is 4.90 Å². The maximum atomic E-state index is 4.55. The van der Waals surface area contributed by atoms with Crippen LogP contribution in [0.1, 0.15) is 29.5 Å². The number of hydrogen-bond acceptors (Lipinski definition) is 6. The molecule has 1 aliphatic heterocycles. The van der Waals surface area contributed by atoms with Crippen molar-refractivity contribution in [1.29, 1.82) is 0 Å². The summed E-state index contributed by atoms with van der Waals surface area (Å²) < 4.78 is 3.59. The van der Waals surface area contributed by atoms with Gasteiger partial charge < -0.3 is 4.90 Å². The molecule has 8 heteroatoms. The highest BCUT2D eigenvalue weighted by Gasteiger charge is 2.19. The van der Waals surface area contributed by atoms with Gasteiger partial charge in [-0.3, -0.25) is 4.98 Å². The molecule has 3 aromatic heterocycles. The number of fused-ring (bicyclic) bond motifs is 1. The Balaban J connectivity index is 1.65. The minimum Gasteiger partial charge on any atom is -0.339 e. The average molecular weight is 310 g/mol. The fourth-order valence-electron chi connectivity index (χ4n) is 2.51. The van der Waals surface area contributed by atoms with Gasteiger partial charge in [-0.25, -0.2) is 14.2 Å². The van der Waals surface area contributed by atoms with Gasteiger partial charge in [0.1, 0.15) is 0 Å². The maximum absolute atomic E-state index is 4.55. The van der Waals surface area contributed by atoms with Crippen molar-refractivity contribution in [3.05, 3.63) is 29.2 Å². The molecule has 4 rings (SSSR count). The summed E-state index contributed by atoms with van der Waals surface area (Å²) in [6, 6.07) is 0. The molecular formula is C15H18N8. The third-order valence-corrected chi connectivity index (χ3v) is 4.03. The molecule has 1 fully saturated rings. The quantitative estimate of drug-likeness (QED) is 0.724. The first-order chi connectivity index (χ1) is 11.1. The minimum atomic E-state index is 0.637. The zero-order valence-corrected chi connectivity index (χ0v) is 13.4. The third kappa shape index (κ3) is 2.36. The molecule has 1 saturated heterocycles. The Morgan fingerprint density at radius 1 is 1.09 bits per heavy atom. The number of hydrogen-bond donors (Lipinski definition) is 0. The van der Waals surface area contributed by atoms with Crippen LogP contribution in [0.25, 0.3) is 17.8 Å². The van der Waals surface area contributed by atoms with E-state index in [-0.39, 0.29) is 0 Å². The first-order valence-corrected chi connectivity index (χ1v) is 7.65. The molecule has 0 unspecified atom stereocenters. The van der Waals surface area contributed by atoms with Gasteiger partial charge in [0.2, 0.25) is 5.95 Å².